The van der Waals surface area contributed by atoms with E-state index in [1.54, 1.807) is 19.2 Å². The fraction of sp³-hybridized carbons (Fsp3) is 0.133. The molecule has 4 heteroatoms. The summed E-state index contributed by atoms with van der Waals surface area (Å²) >= 11 is 6.23. The van der Waals surface area contributed by atoms with Crippen molar-refractivity contribution in [2.24, 2.45) is 0 Å². The quantitative estimate of drug-likeness (QED) is 0.927. The molecule has 3 nitrogen and oxygen atoms in total. The van der Waals surface area contributed by atoms with Gasteiger partial charge in [-0.1, -0.05) is 41.9 Å². The smallest absolute Gasteiger partial charge is 0.307 e. The van der Waals surface area contributed by atoms with Gasteiger partial charge >= 0.3 is 5.97 Å². The molecule has 0 radical (unpaired) electrons. The lowest BCUT2D eigenvalue weighted by Crippen LogP contribution is -2.00. The molecule has 0 bridgehead atoms. The number of carbonyl (C=O) groups is 1. The van der Waals surface area contributed by atoms with Crippen LogP contribution in [0.4, 0.5) is 0 Å². The molecular formula is C15H13ClO3. The molecule has 0 aliphatic heterocycles. The lowest BCUT2D eigenvalue weighted by Gasteiger charge is -2.10. The van der Waals surface area contributed by atoms with Gasteiger partial charge in [0.05, 0.1) is 13.5 Å². The lowest BCUT2D eigenvalue weighted by molar-refractivity contribution is -0.136. The van der Waals surface area contributed by atoms with Crippen molar-refractivity contribution in [2.45, 2.75) is 6.42 Å². The maximum absolute atomic E-state index is 10.7. The number of rotatable bonds is 4. The number of hydrogen-bond acceptors (Lipinski definition) is 2. The van der Waals surface area contributed by atoms with E-state index < -0.39 is 5.97 Å². The Labute approximate surface area is 116 Å². The van der Waals surface area contributed by atoms with Crippen molar-refractivity contribution in [1.82, 2.24) is 0 Å². The first kappa shape index (κ1) is 13.4. The molecule has 0 unspecified atom stereocenters. The fourth-order valence-electron chi connectivity index (χ4n) is 1.93. The Kier molecular flexibility index (Phi) is 4.07. The molecule has 0 spiro atoms. The zero-order valence-corrected chi connectivity index (χ0v) is 11.1. The van der Waals surface area contributed by atoms with Crippen LogP contribution in [0.5, 0.6) is 5.75 Å². The first-order valence-corrected chi connectivity index (χ1v) is 6.13. The first-order valence-electron chi connectivity index (χ1n) is 5.75. The standard InChI is InChI=1S/C15H13ClO3/c1-19-14-5-3-2-4-12(14)11-7-6-10(8-13(11)16)9-15(17)18/h2-8H,9H2,1H3,(H,17,18). The largest absolute Gasteiger partial charge is 0.496 e. The number of hydrogen-bond donors (Lipinski definition) is 1. The van der Waals surface area contributed by atoms with Crippen molar-refractivity contribution in [2.75, 3.05) is 7.11 Å². The number of halogens is 1. The third-order valence-electron chi connectivity index (χ3n) is 2.79. The zero-order chi connectivity index (χ0) is 13.8. The van der Waals surface area contributed by atoms with Crippen LogP contribution in [-0.2, 0) is 11.2 Å². The van der Waals surface area contributed by atoms with Gasteiger partial charge in [0.2, 0.25) is 0 Å². The molecule has 0 saturated carbocycles. The Morgan fingerprint density at radius 1 is 1.21 bits per heavy atom. The highest BCUT2D eigenvalue weighted by atomic mass is 35.5. The number of carboxylic acids is 1. The molecule has 98 valence electrons. The van der Waals surface area contributed by atoms with Crippen LogP contribution >= 0.6 is 11.6 Å². The molecule has 1 N–H and O–H groups in total. The minimum atomic E-state index is -0.874. The van der Waals surface area contributed by atoms with Gasteiger partial charge in [-0.15, -0.1) is 0 Å². The summed E-state index contributed by atoms with van der Waals surface area (Å²) in [5.41, 5.74) is 2.39. The van der Waals surface area contributed by atoms with E-state index in [0.29, 0.717) is 10.6 Å². The number of aliphatic carboxylic acids is 1. The molecule has 0 atom stereocenters. The Bertz CT molecular complexity index is 608. The van der Waals surface area contributed by atoms with E-state index in [9.17, 15) is 4.79 Å². The summed E-state index contributed by atoms with van der Waals surface area (Å²) in [5, 5.41) is 9.28. The number of para-hydroxylation sites is 1. The van der Waals surface area contributed by atoms with Crippen molar-refractivity contribution < 1.29 is 14.6 Å². The molecule has 0 saturated heterocycles. The van der Waals surface area contributed by atoms with Crippen molar-refractivity contribution in [3.8, 4) is 16.9 Å². The number of ether oxygens (including phenoxy) is 1. The Morgan fingerprint density at radius 2 is 1.95 bits per heavy atom. The number of carboxylic acid groups (broad SMARTS) is 1. The van der Waals surface area contributed by atoms with E-state index in [0.717, 1.165) is 16.9 Å². The van der Waals surface area contributed by atoms with Crippen LogP contribution in [0, 0.1) is 0 Å². The van der Waals surface area contributed by atoms with Crippen LogP contribution in [0.15, 0.2) is 42.5 Å². The third kappa shape index (κ3) is 3.06. The van der Waals surface area contributed by atoms with Crippen molar-refractivity contribution in [3.05, 3.63) is 53.1 Å². The summed E-state index contributed by atoms with van der Waals surface area (Å²) in [6, 6.07) is 12.8. The summed E-state index contributed by atoms with van der Waals surface area (Å²) in [5.74, 6) is -0.142. The molecule has 19 heavy (non-hydrogen) atoms. The summed E-state index contributed by atoms with van der Waals surface area (Å²) < 4.78 is 5.30. The van der Waals surface area contributed by atoms with Crippen molar-refractivity contribution >= 4 is 17.6 Å². The second kappa shape index (κ2) is 5.76. The molecule has 0 aromatic heterocycles. The van der Waals surface area contributed by atoms with Gasteiger partial charge in [-0.05, 0) is 17.7 Å². The van der Waals surface area contributed by atoms with Crippen molar-refractivity contribution in [1.29, 1.82) is 0 Å². The van der Waals surface area contributed by atoms with Crippen LogP contribution in [-0.4, -0.2) is 18.2 Å². The average molecular weight is 277 g/mol. The molecule has 2 rings (SSSR count). The van der Waals surface area contributed by atoms with Gasteiger partial charge in [-0.25, -0.2) is 0 Å². The van der Waals surface area contributed by atoms with Gasteiger partial charge in [-0.2, -0.15) is 0 Å². The Hall–Kier alpha value is -2.00. The second-order valence-corrected chi connectivity index (χ2v) is 4.49. The highest BCUT2D eigenvalue weighted by Gasteiger charge is 2.10. The van der Waals surface area contributed by atoms with Gasteiger partial charge in [-0.3, -0.25) is 4.79 Å². The fourth-order valence-corrected chi connectivity index (χ4v) is 2.23. The van der Waals surface area contributed by atoms with Gasteiger partial charge in [0.1, 0.15) is 5.75 Å². The molecular weight excluding hydrogens is 264 g/mol. The van der Waals surface area contributed by atoms with Gasteiger partial charge in [0.25, 0.3) is 0 Å². The van der Waals surface area contributed by atoms with E-state index in [4.69, 9.17) is 21.4 Å². The molecule has 0 aliphatic rings. The number of benzene rings is 2. The van der Waals surface area contributed by atoms with Crippen LogP contribution in [0.25, 0.3) is 11.1 Å². The molecule has 0 heterocycles. The number of methoxy groups -OCH3 is 1. The molecule has 2 aromatic rings. The highest BCUT2D eigenvalue weighted by Crippen LogP contribution is 2.35. The molecule has 0 fully saturated rings. The van der Waals surface area contributed by atoms with Gasteiger partial charge < -0.3 is 9.84 Å². The maximum Gasteiger partial charge on any atom is 0.307 e. The minimum Gasteiger partial charge on any atom is -0.496 e. The summed E-state index contributed by atoms with van der Waals surface area (Å²) in [4.78, 5) is 10.7. The summed E-state index contributed by atoms with van der Waals surface area (Å²) in [7, 11) is 1.60. The van der Waals surface area contributed by atoms with Crippen LogP contribution < -0.4 is 4.74 Å². The predicted octanol–water partition coefficient (Wildman–Crippen LogP) is 3.64. The van der Waals surface area contributed by atoms with E-state index in [1.807, 2.05) is 30.3 Å². The van der Waals surface area contributed by atoms with Crippen LogP contribution in [0.3, 0.4) is 0 Å². The predicted molar refractivity (Wildman–Crippen MR) is 74.8 cm³/mol. The lowest BCUT2D eigenvalue weighted by atomic mass is 10.0. The summed E-state index contributed by atoms with van der Waals surface area (Å²) in [6.07, 6.45) is -0.0358. The molecule has 2 aromatic carbocycles. The van der Waals surface area contributed by atoms with E-state index in [-0.39, 0.29) is 6.42 Å². The first-order chi connectivity index (χ1) is 9.11. The highest BCUT2D eigenvalue weighted by molar-refractivity contribution is 6.33. The monoisotopic (exact) mass is 276 g/mol. The Balaban J connectivity index is 2.43. The van der Waals surface area contributed by atoms with Crippen LogP contribution in [0.2, 0.25) is 5.02 Å². The Morgan fingerprint density at radius 3 is 2.58 bits per heavy atom. The normalized spacial score (nSPS) is 10.2. The topological polar surface area (TPSA) is 46.5 Å². The zero-order valence-electron chi connectivity index (χ0n) is 10.4. The van der Waals surface area contributed by atoms with E-state index in [2.05, 4.69) is 0 Å². The van der Waals surface area contributed by atoms with Crippen LogP contribution in [0.1, 0.15) is 5.56 Å². The van der Waals surface area contributed by atoms with Crippen molar-refractivity contribution in [3.63, 3.8) is 0 Å². The average Bonchev–Trinajstić information content (AvgIpc) is 2.38. The van der Waals surface area contributed by atoms with Gasteiger partial charge in [0.15, 0.2) is 0 Å². The van der Waals surface area contributed by atoms with Gasteiger partial charge in [0, 0.05) is 16.1 Å². The van der Waals surface area contributed by atoms with E-state index in [1.165, 1.54) is 0 Å². The SMILES string of the molecule is COc1ccccc1-c1ccc(CC(=O)O)cc1Cl. The second-order valence-electron chi connectivity index (χ2n) is 4.08. The third-order valence-corrected chi connectivity index (χ3v) is 3.10. The molecule has 0 amide bonds. The molecule has 0 aliphatic carbocycles. The minimum absolute atomic E-state index is 0.0358. The maximum atomic E-state index is 10.7. The van der Waals surface area contributed by atoms with E-state index >= 15 is 0 Å². The summed E-state index contributed by atoms with van der Waals surface area (Å²) in [6.45, 7) is 0.